The van der Waals surface area contributed by atoms with Crippen LogP contribution in [0.4, 0.5) is 13.2 Å². The van der Waals surface area contributed by atoms with Crippen LogP contribution >= 0.6 is 0 Å². The highest BCUT2D eigenvalue weighted by atomic mass is 32.2. The molecule has 1 N–H and O–H groups in total. The fourth-order valence-electron chi connectivity index (χ4n) is 2.10. The van der Waals surface area contributed by atoms with Gasteiger partial charge in [-0.15, -0.1) is 0 Å². The van der Waals surface area contributed by atoms with E-state index in [9.17, 15) is 21.6 Å². The molecule has 1 unspecified atom stereocenters. The Labute approximate surface area is 115 Å². The third kappa shape index (κ3) is 2.73. The van der Waals surface area contributed by atoms with Gasteiger partial charge in [-0.05, 0) is 43.7 Å². The van der Waals surface area contributed by atoms with Gasteiger partial charge in [0.05, 0.1) is 10.5 Å². The van der Waals surface area contributed by atoms with Crippen LogP contribution in [0.1, 0.15) is 24.5 Å². The normalized spacial score (nSPS) is 18.6. The average Bonchev–Trinajstić information content (AvgIpc) is 2.59. The van der Waals surface area contributed by atoms with Crippen molar-refractivity contribution in [2.75, 3.05) is 7.05 Å². The Morgan fingerprint density at radius 1 is 1.30 bits per heavy atom. The molecule has 0 aliphatic carbocycles. The van der Waals surface area contributed by atoms with Gasteiger partial charge < -0.3 is 5.32 Å². The molecule has 0 saturated carbocycles. The van der Waals surface area contributed by atoms with Gasteiger partial charge in [-0.3, -0.25) is 0 Å². The lowest BCUT2D eigenvalue weighted by molar-refractivity contribution is -0.137. The number of sulfone groups is 1. The number of nitrogens with one attached hydrogen (secondary N) is 1. The van der Waals surface area contributed by atoms with E-state index in [0.29, 0.717) is 23.6 Å². The van der Waals surface area contributed by atoms with Crippen molar-refractivity contribution in [2.24, 2.45) is 0 Å². The van der Waals surface area contributed by atoms with E-state index in [0.717, 1.165) is 11.5 Å². The third-order valence-corrected chi connectivity index (χ3v) is 4.82. The van der Waals surface area contributed by atoms with Crippen LogP contribution in [0.25, 0.3) is 5.57 Å². The molecule has 1 aromatic rings. The number of hydrogen-bond acceptors (Lipinski definition) is 3. The van der Waals surface area contributed by atoms with E-state index < -0.39 is 21.6 Å². The summed E-state index contributed by atoms with van der Waals surface area (Å²) >= 11 is 0. The topological polar surface area (TPSA) is 46.2 Å². The van der Waals surface area contributed by atoms with Crippen LogP contribution in [0.2, 0.25) is 0 Å². The summed E-state index contributed by atoms with van der Waals surface area (Å²) in [6.45, 7) is 1.87. The van der Waals surface area contributed by atoms with Crippen molar-refractivity contribution in [1.29, 1.82) is 0 Å². The number of benzene rings is 1. The SMILES string of the molecule is CNC(C)CC1=CS(=O)(=O)c2cc(C(F)(F)F)ccc21. The van der Waals surface area contributed by atoms with E-state index in [4.69, 9.17) is 0 Å². The first kappa shape index (κ1) is 15.1. The second-order valence-corrected chi connectivity index (χ2v) is 6.56. The minimum absolute atomic E-state index is 0.0321. The van der Waals surface area contributed by atoms with Crippen LogP contribution in [-0.2, 0) is 16.0 Å². The van der Waals surface area contributed by atoms with E-state index >= 15 is 0 Å². The molecule has 0 spiro atoms. The first-order valence-corrected chi connectivity index (χ1v) is 7.54. The fourth-order valence-corrected chi connectivity index (χ4v) is 3.63. The second-order valence-electron chi connectivity index (χ2n) is 4.79. The number of fused-ring (bicyclic) bond motifs is 1. The van der Waals surface area contributed by atoms with Gasteiger partial charge in [0.2, 0.25) is 9.84 Å². The largest absolute Gasteiger partial charge is 0.416 e. The molecule has 0 fully saturated rings. The van der Waals surface area contributed by atoms with Crippen LogP contribution in [-0.4, -0.2) is 21.5 Å². The van der Waals surface area contributed by atoms with Gasteiger partial charge in [0, 0.05) is 11.4 Å². The van der Waals surface area contributed by atoms with Crippen LogP contribution in [0, 0.1) is 0 Å². The summed E-state index contributed by atoms with van der Waals surface area (Å²) < 4.78 is 61.8. The minimum atomic E-state index is -4.55. The maximum Gasteiger partial charge on any atom is 0.416 e. The maximum absolute atomic E-state index is 12.6. The Morgan fingerprint density at radius 2 is 1.95 bits per heavy atom. The van der Waals surface area contributed by atoms with E-state index in [1.807, 2.05) is 6.92 Å². The van der Waals surface area contributed by atoms with E-state index in [1.54, 1.807) is 7.05 Å². The molecular weight excluding hydrogens is 291 g/mol. The highest BCUT2D eigenvalue weighted by molar-refractivity contribution is 7.95. The van der Waals surface area contributed by atoms with Gasteiger partial charge in [-0.25, -0.2) is 8.42 Å². The molecule has 1 atom stereocenters. The zero-order chi connectivity index (χ0) is 15.1. The van der Waals surface area contributed by atoms with Crippen molar-refractivity contribution in [3.63, 3.8) is 0 Å². The molecule has 0 aromatic heterocycles. The predicted octanol–water partition coefficient (Wildman–Crippen LogP) is 2.83. The second kappa shape index (κ2) is 4.89. The van der Waals surface area contributed by atoms with Crippen molar-refractivity contribution < 1.29 is 21.6 Å². The summed E-state index contributed by atoms with van der Waals surface area (Å²) in [7, 11) is -2.04. The summed E-state index contributed by atoms with van der Waals surface area (Å²) in [4.78, 5) is -0.259. The fraction of sp³-hybridized carbons (Fsp3) is 0.385. The molecule has 110 valence electrons. The molecule has 3 nitrogen and oxygen atoms in total. The molecule has 0 saturated heterocycles. The molecule has 1 aliphatic rings. The Hall–Kier alpha value is -1.34. The summed E-state index contributed by atoms with van der Waals surface area (Å²) in [5.74, 6) is 0. The van der Waals surface area contributed by atoms with Gasteiger partial charge in [0.25, 0.3) is 0 Å². The van der Waals surface area contributed by atoms with Crippen LogP contribution < -0.4 is 5.32 Å². The van der Waals surface area contributed by atoms with Gasteiger partial charge in [0.15, 0.2) is 0 Å². The number of rotatable bonds is 3. The Morgan fingerprint density at radius 3 is 2.50 bits per heavy atom. The zero-order valence-corrected chi connectivity index (χ0v) is 11.8. The molecule has 0 bridgehead atoms. The van der Waals surface area contributed by atoms with Crippen molar-refractivity contribution in [3.05, 3.63) is 34.7 Å². The lowest BCUT2D eigenvalue weighted by Gasteiger charge is -2.12. The maximum atomic E-state index is 12.6. The van der Waals surface area contributed by atoms with E-state index in [1.165, 1.54) is 6.07 Å². The standard InChI is InChI=1S/C13H14F3NO2S/c1-8(17-2)5-9-7-20(18,19)12-6-10(13(14,15)16)3-4-11(9)12/h3-4,6-8,17H,5H2,1-2H3. The molecule has 7 heteroatoms. The monoisotopic (exact) mass is 305 g/mol. The Bertz CT molecular complexity index is 663. The number of hydrogen-bond donors (Lipinski definition) is 1. The van der Waals surface area contributed by atoms with Crippen molar-refractivity contribution in [2.45, 2.75) is 30.5 Å². The molecule has 1 aromatic carbocycles. The Balaban J connectivity index is 2.49. The zero-order valence-electron chi connectivity index (χ0n) is 11.0. The lowest BCUT2D eigenvalue weighted by atomic mass is 10.00. The summed E-state index contributed by atoms with van der Waals surface area (Å²) in [5, 5.41) is 4.03. The smallest absolute Gasteiger partial charge is 0.317 e. The van der Waals surface area contributed by atoms with Crippen LogP contribution in [0.15, 0.2) is 28.5 Å². The predicted molar refractivity (Wildman–Crippen MR) is 69.7 cm³/mol. The number of halogens is 3. The van der Waals surface area contributed by atoms with Gasteiger partial charge >= 0.3 is 6.18 Å². The van der Waals surface area contributed by atoms with Crippen molar-refractivity contribution in [3.8, 4) is 0 Å². The van der Waals surface area contributed by atoms with Crippen molar-refractivity contribution >= 4 is 15.4 Å². The van der Waals surface area contributed by atoms with Crippen molar-refractivity contribution in [1.82, 2.24) is 5.32 Å². The summed E-state index contributed by atoms with van der Waals surface area (Å²) in [6.07, 6.45) is -4.11. The van der Waals surface area contributed by atoms with E-state index in [-0.39, 0.29) is 10.9 Å². The molecule has 2 rings (SSSR count). The molecule has 0 amide bonds. The van der Waals surface area contributed by atoms with Gasteiger partial charge in [-0.2, -0.15) is 13.2 Å². The lowest BCUT2D eigenvalue weighted by Crippen LogP contribution is -2.21. The summed E-state index contributed by atoms with van der Waals surface area (Å²) in [5.41, 5.74) is -0.0492. The van der Waals surface area contributed by atoms with Gasteiger partial charge in [-0.1, -0.05) is 6.07 Å². The molecule has 1 heterocycles. The molecule has 1 aliphatic heterocycles. The molecular formula is C13H14F3NO2S. The first-order chi connectivity index (χ1) is 9.15. The molecule has 20 heavy (non-hydrogen) atoms. The van der Waals surface area contributed by atoms with Crippen LogP contribution in [0.5, 0.6) is 0 Å². The van der Waals surface area contributed by atoms with Gasteiger partial charge in [0.1, 0.15) is 0 Å². The quantitative estimate of drug-likeness (QED) is 0.934. The molecule has 0 radical (unpaired) electrons. The Kier molecular flexibility index (Phi) is 3.68. The van der Waals surface area contributed by atoms with Crippen LogP contribution in [0.3, 0.4) is 0 Å². The minimum Gasteiger partial charge on any atom is -0.317 e. The third-order valence-electron chi connectivity index (χ3n) is 3.28. The van der Waals surface area contributed by atoms with E-state index in [2.05, 4.69) is 5.32 Å². The first-order valence-electron chi connectivity index (χ1n) is 5.99. The summed E-state index contributed by atoms with van der Waals surface area (Å²) in [6, 6.07) is 2.89. The number of alkyl halides is 3. The highest BCUT2D eigenvalue weighted by Gasteiger charge is 2.35. The average molecular weight is 305 g/mol. The highest BCUT2D eigenvalue weighted by Crippen LogP contribution is 2.39.